The lowest BCUT2D eigenvalue weighted by Gasteiger charge is -2.47. The minimum absolute atomic E-state index is 0.0262. The molecule has 3 heteroatoms. The van der Waals surface area contributed by atoms with E-state index >= 15 is 0 Å². The highest BCUT2D eigenvalue weighted by Gasteiger charge is 2.44. The van der Waals surface area contributed by atoms with Crippen LogP contribution in [-0.4, -0.2) is 4.98 Å². The van der Waals surface area contributed by atoms with Crippen LogP contribution >= 0.6 is 0 Å². The molecule has 19 heavy (non-hydrogen) atoms. The van der Waals surface area contributed by atoms with Gasteiger partial charge in [0.05, 0.1) is 0 Å². The standard InChI is InChI=1S/C16H19N3/c17-14-7-10-19-11-13(14)15(18)16(8-4-9-16)12-5-2-1-3-6-12/h1-3,5-7,10-11,15H,4,8-9,18H2,(H2,17,19). The molecule has 1 saturated carbocycles. The van der Waals surface area contributed by atoms with E-state index in [1.165, 1.54) is 12.0 Å². The molecule has 98 valence electrons. The van der Waals surface area contributed by atoms with Crippen LogP contribution in [0.2, 0.25) is 0 Å². The summed E-state index contributed by atoms with van der Waals surface area (Å²) in [4.78, 5) is 4.17. The van der Waals surface area contributed by atoms with Gasteiger partial charge in [-0.1, -0.05) is 36.8 Å². The molecule has 1 aromatic heterocycles. The van der Waals surface area contributed by atoms with E-state index in [2.05, 4.69) is 29.2 Å². The predicted molar refractivity (Wildman–Crippen MR) is 77.5 cm³/mol. The smallest absolute Gasteiger partial charge is 0.0429 e. The third-order valence-corrected chi connectivity index (χ3v) is 4.41. The summed E-state index contributed by atoms with van der Waals surface area (Å²) in [6, 6.07) is 12.3. The Balaban J connectivity index is 2.02. The highest BCUT2D eigenvalue weighted by molar-refractivity contribution is 5.49. The van der Waals surface area contributed by atoms with Gasteiger partial charge in [-0.15, -0.1) is 0 Å². The van der Waals surface area contributed by atoms with Crippen LogP contribution in [0.15, 0.2) is 48.8 Å². The van der Waals surface area contributed by atoms with E-state index in [0.29, 0.717) is 0 Å². The highest BCUT2D eigenvalue weighted by Crippen LogP contribution is 2.51. The van der Waals surface area contributed by atoms with Gasteiger partial charge in [-0.3, -0.25) is 4.98 Å². The van der Waals surface area contributed by atoms with Crippen molar-refractivity contribution in [2.24, 2.45) is 5.73 Å². The summed E-state index contributed by atoms with van der Waals surface area (Å²) in [6.07, 6.45) is 6.98. The summed E-state index contributed by atoms with van der Waals surface area (Å²) >= 11 is 0. The average Bonchev–Trinajstić information content (AvgIpc) is 2.39. The topological polar surface area (TPSA) is 64.9 Å². The summed E-state index contributed by atoms with van der Waals surface area (Å²) in [6.45, 7) is 0. The number of benzene rings is 1. The van der Waals surface area contributed by atoms with Crippen LogP contribution < -0.4 is 11.5 Å². The van der Waals surface area contributed by atoms with Crippen molar-refractivity contribution in [3.63, 3.8) is 0 Å². The Kier molecular flexibility index (Phi) is 2.99. The molecule has 0 radical (unpaired) electrons. The second-order valence-electron chi connectivity index (χ2n) is 5.36. The first-order chi connectivity index (χ1) is 9.24. The Morgan fingerprint density at radius 1 is 1.11 bits per heavy atom. The molecule has 2 aromatic rings. The number of hydrogen-bond donors (Lipinski definition) is 2. The Bertz CT molecular complexity index is 561. The number of nitrogens with zero attached hydrogens (tertiary/aromatic N) is 1. The van der Waals surface area contributed by atoms with Crippen LogP contribution in [-0.2, 0) is 5.41 Å². The Hall–Kier alpha value is -1.87. The van der Waals surface area contributed by atoms with Crippen molar-refractivity contribution in [1.82, 2.24) is 4.98 Å². The predicted octanol–water partition coefficient (Wildman–Crippen LogP) is 2.79. The maximum atomic E-state index is 6.55. The van der Waals surface area contributed by atoms with E-state index in [4.69, 9.17) is 11.5 Å². The molecule has 1 aliphatic carbocycles. The van der Waals surface area contributed by atoms with Crippen molar-refractivity contribution < 1.29 is 0 Å². The number of hydrogen-bond acceptors (Lipinski definition) is 3. The third kappa shape index (κ3) is 1.90. The van der Waals surface area contributed by atoms with Crippen LogP contribution in [0.5, 0.6) is 0 Å². The molecule has 1 aliphatic rings. The minimum atomic E-state index is -0.0858. The van der Waals surface area contributed by atoms with E-state index in [-0.39, 0.29) is 11.5 Å². The van der Waals surface area contributed by atoms with Crippen molar-refractivity contribution in [1.29, 1.82) is 0 Å². The Morgan fingerprint density at radius 2 is 1.84 bits per heavy atom. The molecule has 1 unspecified atom stereocenters. The van der Waals surface area contributed by atoms with Gasteiger partial charge in [-0.2, -0.15) is 0 Å². The van der Waals surface area contributed by atoms with Gasteiger partial charge in [0.15, 0.2) is 0 Å². The number of pyridine rings is 1. The summed E-state index contributed by atoms with van der Waals surface area (Å²) in [5, 5.41) is 0. The molecule has 0 saturated heterocycles. The fourth-order valence-electron chi connectivity index (χ4n) is 3.08. The first-order valence-electron chi connectivity index (χ1n) is 6.74. The fourth-order valence-corrected chi connectivity index (χ4v) is 3.08. The SMILES string of the molecule is Nc1ccncc1C(N)C1(c2ccccc2)CCC1. The van der Waals surface area contributed by atoms with Gasteiger partial charge in [-0.05, 0) is 24.5 Å². The largest absolute Gasteiger partial charge is 0.398 e. The third-order valence-electron chi connectivity index (χ3n) is 4.41. The second-order valence-corrected chi connectivity index (χ2v) is 5.36. The number of rotatable bonds is 3. The van der Waals surface area contributed by atoms with Crippen molar-refractivity contribution in [3.05, 3.63) is 59.9 Å². The van der Waals surface area contributed by atoms with Gasteiger partial charge in [-0.25, -0.2) is 0 Å². The molecule has 0 amide bonds. The minimum Gasteiger partial charge on any atom is -0.398 e. The van der Waals surface area contributed by atoms with Crippen LogP contribution in [0.3, 0.4) is 0 Å². The van der Waals surface area contributed by atoms with Crippen molar-refractivity contribution >= 4 is 5.69 Å². The zero-order valence-corrected chi connectivity index (χ0v) is 10.9. The number of nitrogens with two attached hydrogens (primary N) is 2. The molecular weight excluding hydrogens is 234 g/mol. The van der Waals surface area contributed by atoms with Crippen molar-refractivity contribution in [2.75, 3.05) is 5.73 Å². The van der Waals surface area contributed by atoms with E-state index in [1.807, 2.05) is 18.3 Å². The lowest BCUT2D eigenvalue weighted by molar-refractivity contribution is 0.196. The molecule has 4 N–H and O–H groups in total. The van der Waals surface area contributed by atoms with Crippen molar-refractivity contribution in [2.45, 2.75) is 30.7 Å². The van der Waals surface area contributed by atoms with Crippen molar-refractivity contribution in [3.8, 4) is 0 Å². The molecule has 0 aliphatic heterocycles. The summed E-state index contributed by atoms with van der Waals surface area (Å²) in [5.41, 5.74) is 15.7. The lowest BCUT2D eigenvalue weighted by atomic mass is 9.59. The first-order valence-corrected chi connectivity index (χ1v) is 6.74. The van der Waals surface area contributed by atoms with E-state index < -0.39 is 0 Å². The van der Waals surface area contributed by atoms with Crippen LogP contribution in [0, 0.1) is 0 Å². The van der Waals surface area contributed by atoms with E-state index in [1.54, 1.807) is 6.20 Å². The number of anilines is 1. The zero-order valence-electron chi connectivity index (χ0n) is 10.9. The van der Waals surface area contributed by atoms with Gasteiger partial charge in [0, 0.05) is 35.1 Å². The van der Waals surface area contributed by atoms with Gasteiger partial charge < -0.3 is 11.5 Å². The molecular formula is C16H19N3. The fraction of sp³-hybridized carbons (Fsp3) is 0.312. The monoisotopic (exact) mass is 253 g/mol. The quantitative estimate of drug-likeness (QED) is 0.884. The Morgan fingerprint density at radius 3 is 2.42 bits per heavy atom. The number of nitrogen functional groups attached to an aromatic ring is 1. The zero-order chi connectivity index (χ0) is 13.3. The summed E-state index contributed by atoms with van der Waals surface area (Å²) in [7, 11) is 0. The maximum Gasteiger partial charge on any atom is 0.0429 e. The molecule has 1 atom stereocenters. The van der Waals surface area contributed by atoms with E-state index in [9.17, 15) is 0 Å². The van der Waals surface area contributed by atoms with E-state index in [0.717, 1.165) is 24.1 Å². The molecule has 0 bridgehead atoms. The van der Waals surface area contributed by atoms with Crippen LogP contribution in [0.25, 0.3) is 0 Å². The van der Waals surface area contributed by atoms with Gasteiger partial charge >= 0.3 is 0 Å². The van der Waals surface area contributed by atoms with Gasteiger partial charge in [0.25, 0.3) is 0 Å². The molecule has 3 rings (SSSR count). The lowest BCUT2D eigenvalue weighted by Crippen LogP contribution is -2.44. The Labute approximate surface area is 113 Å². The second kappa shape index (κ2) is 4.67. The maximum absolute atomic E-state index is 6.55. The van der Waals surface area contributed by atoms with Gasteiger partial charge in [0.2, 0.25) is 0 Å². The molecule has 0 spiro atoms. The summed E-state index contributed by atoms with van der Waals surface area (Å²) in [5.74, 6) is 0. The number of aromatic nitrogens is 1. The molecule has 3 nitrogen and oxygen atoms in total. The average molecular weight is 253 g/mol. The first kappa shape index (κ1) is 12.2. The molecule has 1 heterocycles. The molecule has 1 aromatic carbocycles. The highest BCUT2D eigenvalue weighted by atomic mass is 14.8. The molecule has 1 fully saturated rings. The summed E-state index contributed by atoms with van der Waals surface area (Å²) < 4.78 is 0. The normalized spacial score (nSPS) is 18.6. The van der Waals surface area contributed by atoms with Crippen LogP contribution in [0.4, 0.5) is 5.69 Å². The van der Waals surface area contributed by atoms with Gasteiger partial charge in [0.1, 0.15) is 0 Å². The van der Waals surface area contributed by atoms with Crippen LogP contribution in [0.1, 0.15) is 36.4 Å².